The van der Waals surface area contributed by atoms with Gasteiger partial charge in [-0.1, -0.05) is 55.0 Å². The molecule has 166 valence electrons. The molecule has 1 aliphatic heterocycles. The van der Waals surface area contributed by atoms with Crippen LogP contribution in [0.25, 0.3) is 11.4 Å². The Morgan fingerprint density at radius 3 is 2.59 bits per heavy atom. The number of nitrogens with zero attached hydrogens (tertiary/aromatic N) is 6. The average molecular weight is 451 g/mol. The van der Waals surface area contributed by atoms with E-state index in [1.807, 2.05) is 24.3 Å². The number of hydrogen-bond acceptors (Lipinski definition) is 8. The first kappa shape index (κ1) is 20.8. The predicted molar refractivity (Wildman–Crippen MR) is 123 cm³/mol. The summed E-state index contributed by atoms with van der Waals surface area (Å²) in [6.07, 6.45) is 4.05. The highest BCUT2D eigenvalue weighted by atomic mass is 32.2. The largest absolute Gasteiger partial charge is 0.467 e. The molecule has 8 nitrogen and oxygen atoms in total. The maximum Gasteiger partial charge on any atom is 0.237 e. The number of thioether (sulfide) groups is 1. The number of furan rings is 1. The number of anilines is 1. The third-order valence-electron chi connectivity index (χ3n) is 5.61. The molecule has 0 aliphatic carbocycles. The van der Waals surface area contributed by atoms with Crippen LogP contribution in [0.2, 0.25) is 0 Å². The highest BCUT2D eigenvalue weighted by Crippen LogP contribution is 2.28. The van der Waals surface area contributed by atoms with Gasteiger partial charge >= 0.3 is 0 Å². The molecule has 3 aromatic heterocycles. The standard InChI is InChI=1S/C23H26N6O2S/c1-16(2)17-7-9-18(10-8-17)21-24-20(31-27-21)15-32-23-26-25-22(28-11-3-4-12-28)29(23)14-19-6-5-13-30-19/h5-10,13,16H,3-4,11-12,14-15H2,1-2H3. The molecule has 1 aromatic carbocycles. The minimum Gasteiger partial charge on any atom is -0.467 e. The zero-order valence-corrected chi connectivity index (χ0v) is 19.1. The van der Waals surface area contributed by atoms with Gasteiger partial charge in [-0.15, -0.1) is 10.2 Å². The van der Waals surface area contributed by atoms with Crippen molar-refractivity contribution in [3.63, 3.8) is 0 Å². The molecule has 0 amide bonds. The van der Waals surface area contributed by atoms with Gasteiger partial charge in [0, 0.05) is 18.7 Å². The molecule has 0 saturated carbocycles. The van der Waals surface area contributed by atoms with E-state index in [1.54, 1.807) is 18.0 Å². The molecule has 5 rings (SSSR count). The average Bonchev–Trinajstić information content (AvgIpc) is 3.60. The number of rotatable bonds is 8. The van der Waals surface area contributed by atoms with E-state index >= 15 is 0 Å². The van der Waals surface area contributed by atoms with Crippen LogP contribution in [-0.2, 0) is 12.3 Å². The van der Waals surface area contributed by atoms with E-state index < -0.39 is 0 Å². The molecule has 32 heavy (non-hydrogen) atoms. The molecule has 0 bridgehead atoms. The van der Waals surface area contributed by atoms with Gasteiger partial charge in [0.05, 0.1) is 18.6 Å². The molecule has 0 unspecified atom stereocenters. The van der Waals surface area contributed by atoms with Crippen molar-refractivity contribution < 1.29 is 8.94 Å². The summed E-state index contributed by atoms with van der Waals surface area (Å²) in [5.74, 6) is 3.94. The Morgan fingerprint density at radius 2 is 1.88 bits per heavy atom. The summed E-state index contributed by atoms with van der Waals surface area (Å²) in [6, 6.07) is 12.2. The normalized spacial score (nSPS) is 14.0. The van der Waals surface area contributed by atoms with Gasteiger partial charge in [-0.2, -0.15) is 4.98 Å². The van der Waals surface area contributed by atoms with E-state index in [4.69, 9.17) is 8.94 Å². The molecule has 1 saturated heterocycles. The maximum atomic E-state index is 5.57. The van der Waals surface area contributed by atoms with Gasteiger partial charge in [-0.3, -0.25) is 4.57 Å². The van der Waals surface area contributed by atoms with Crippen LogP contribution in [-0.4, -0.2) is 38.0 Å². The van der Waals surface area contributed by atoms with Crippen LogP contribution in [0.1, 0.15) is 49.8 Å². The fourth-order valence-corrected chi connectivity index (χ4v) is 4.58. The molecule has 0 atom stereocenters. The second-order valence-corrected chi connectivity index (χ2v) is 9.16. The van der Waals surface area contributed by atoms with Crippen molar-refractivity contribution >= 4 is 17.7 Å². The molecular weight excluding hydrogens is 424 g/mol. The van der Waals surface area contributed by atoms with E-state index in [9.17, 15) is 0 Å². The minimum absolute atomic E-state index is 0.491. The van der Waals surface area contributed by atoms with Crippen LogP contribution in [0.15, 0.2) is 56.8 Å². The molecule has 0 radical (unpaired) electrons. The van der Waals surface area contributed by atoms with Crippen molar-refractivity contribution in [1.29, 1.82) is 0 Å². The molecule has 1 aliphatic rings. The summed E-state index contributed by atoms with van der Waals surface area (Å²) in [4.78, 5) is 6.86. The van der Waals surface area contributed by atoms with Crippen LogP contribution < -0.4 is 4.90 Å². The van der Waals surface area contributed by atoms with Crippen LogP contribution in [0.3, 0.4) is 0 Å². The van der Waals surface area contributed by atoms with Gasteiger partial charge in [0.15, 0.2) is 5.16 Å². The van der Waals surface area contributed by atoms with E-state index in [2.05, 4.69) is 55.8 Å². The Balaban J connectivity index is 1.31. The van der Waals surface area contributed by atoms with Crippen LogP contribution in [0, 0.1) is 0 Å². The van der Waals surface area contributed by atoms with Crippen LogP contribution in [0.4, 0.5) is 5.95 Å². The number of aromatic nitrogens is 5. The van der Waals surface area contributed by atoms with Gasteiger partial charge in [0.2, 0.25) is 17.7 Å². The molecule has 4 heterocycles. The van der Waals surface area contributed by atoms with Crippen LogP contribution >= 0.6 is 11.8 Å². The first-order valence-corrected chi connectivity index (χ1v) is 11.9. The minimum atomic E-state index is 0.491. The number of hydrogen-bond donors (Lipinski definition) is 0. The third kappa shape index (κ3) is 4.43. The first-order chi connectivity index (χ1) is 15.7. The highest BCUT2D eigenvalue weighted by molar-refractivity contribution is 7.98. The van der Waals surface area contributed by atoms with Gasteiger partial charge in [-0.05, 0) is 36.5 Å². The topological polar surface area (TPSA) is 86.0 Å². The summed E-state index contributed by atoms with van der Waals surface area (Å²) < 4.78 is 13.2. The van der Waals surface area contributed by atoms with Gasteiger partial charge in [-0.25, -0.2) is 0 Å². The Kier molecular flexibility index (Phi) is 5.98. The monoisotopic (exact) mass is 450 g/mol. The van der Waals surface area contributed by atoms with Gasteiger partial charge in [0.25, 0.3) is 0 Å². The molecule has 0 N–H and O–H groups in total. The van der Waals surface area contributed by atoms with Crippen molar-refractivity contribution in [1.82, 2.24) is 24.9 Å². The van der Waals surface area contributed by atoms with Crippen molar-refractivity contribution in [2.45, 2.75) is 50.1 Å². The second-order valence-electron chi connectivity index (χ2n) is 8.22. The fourth-order valence-electron chi connectivity index (χ4n) is 3.81. The summed E-state index contributed by atoms with van der Waals surface area (Å²) in [6.45, 7) is 6.95. The fraction of sp³-hybridized carbons (Fsp3) is 0.391. The zero-order chi connectivity index (χ0) is 21.9. The molecule has 4 aromatic rings. The van der Waals surface area contributed by atoms with Crippen molar-refractivity contribution in [3.05, 3.63) is 59.9 Å². The lowest BCUT2D eigenvalue weighted by atomic mass is 10.0. The lowest BCUT2D eigenvalue weighted by Gasteiger charge is -2.17. The van der Waals surface area contributed by atoms with E-state index in [0.717, 1.165) is 35.5 Å². The SMILES string of the molecule is CC(C)c1ccc(-c2noc(CSc3nnc(N4CCCC4)n3Cc3ccco3)n2)cc1. The number of benzene rings is 1. The quantitative estimate of drug-likeness (QED) is 0.347. The van der Waals surface area contributed by atoms with Crippen molar-refractivity contribution in [2.24, 2.45) is 0 Å². The lowest BCUT2D eigenvalue weighted by molar-refractivity contribution is 0.391. The molecule has 0 spiro atoms. The highest BCUT2D eigenvalue weighted by Gasteiger charge is 2.22. The smallest absolute Gasteiger partial charge is 0.237 e. The van der Waals surface area contributed by atoms with Crippen LogP contribution in [0.5, 0.6) is 0 Å². The van der Waals surface area contributed by atoms with E-state index in [1.165, 1.54) is 18.4 Å². The molecule has 1 fully saturated rings. The van der Waals surface area contributed by atoms with Gasteiger partial charge < -0.3 is 13.8 Å². The van der Waals surface area contributed by atoms with E-state index in [0.29, 0.717) is 29.9 Å². The Labute approximate surface area is 191 Å². The molecular formula is C23H26N6O2S. The predicted octanol–water partition coefficient (Wildman–Crippen LogP) is 4.99. The van der Waals surface area contributed by atoms with Gasteiger partial charge in [0.1, 0.15) is 5.76 Å². The summed E-state index contributed by atoms with van der Waals surface area (Å²) in [5.41, 5.74) is 2.24. The lowest BCUT2D eigenvalue weighted by Crippen LogP contribution is -2.22. The Bertz CT molecular complexity index is 1140. The van der Waals surface area contributed by atoms with E-state index in [-0.39, 0.29) is 0 Å². The molecule has 9 heteroatoms. The first-order valence-electron chi connectivity index (χ1n) is 10.9. The summed E-state index contributed by atoms with van der Waals surface area (Å²) in [5, 5.41) is 13.9. The Morgan fingerprint density at radius 1 is 1.06 bits per heavy atom. The summed E-state index contributed by atoms with van der Waals surface area (Å²) >= 11 is 1.54. The summed E-state index contributed by atoms with van der Waals surface area (Å²) in [7, 11) is 0. The van der Waals surface area contributed by atoms with Crippen molar-refractivity contribution in [2.75, 3.05) is 18.0 Å². The zero-order valence-electron chi connectivity index (χ0n) is 18.3. The van der Waals surface area contributed by atoms with Crippen molar-refractivity contribution in [3.8, 4) is 11.4 Å². The maximum absolute atomic E-state index is 5.57. The second kappa shape index (κ2) is 9.20. The Hall–Kier alpha value is -3.07. The third-order valence-corrected chi connectivity index (χ3v) is 6.56.